The molecule has 1 N–H and O–H groups in total. The smallest absolute Gasteiger partial charge is 0.270 e. The van der Waals surface area contributed by atoms with Gasteiger partial charge in [-0.05, 0) is 48.5 Å². The highest BCUT2D eigenvalue weighted by atomic mass is 35.5. The number of benzene rings is 2. The molecule has 0 aliphatic carbocycles. The summed E-state index contributed by atoms with van der Waals surface area (Å²) in [5.74, 6) is 0.537. The van der Waals surface area contributed by atoms with Crippen molar-refractivity contribution in [3.8, 4) is 22.7 Å². The predicted molar refractivity (Wildman–Crippen MR) is 125 cm³/mol. The number of methoxy groups -OCH3 is 1. The molecule has 0 spiro atoms. The van der Waals surface area contributed by atoms with Crippen LogP contribution in [0.4, 0.5) is 0 Å². The Morgan fingerprint density at radius 1 is 1.09 bits per heavy atom. The number of halogens is 2. The molecule has 0 radical (unpaired) electrons. The van der Waals surface area contributed by atoms with E-state index in [0.717, 1.165) is 44.2 Å². The Hall–Kier alpha value is -2.58. The number of amides is 1. The minimum absolute atomic E-state index is 0.211. The SMILES string of the molecule is COc1ccc(-c2cc(C(=O)NCCN3CCOCC3)n(-c3ccc(Cl)c(Cl)c3)n2)cc1. The third-order valence-corrected chi connectivity index (χ3v) is 6.03. The van der Waals surface area contributed by atoms with Crippen molar-refractivity contribution < 1.29 is 14.3 Å². The molecule has 168 valence electrons. The van der Waals surface area contributed by atoms with E-state index in [1.54, 1.807) is 36.1 Å². The molecule has 1 aliphatic heterocycles. The van der Waals surface area contributed by atoms with Crippen molar-refractivity contribution in [2.75, 3.05) is 46.5 Å². The second-order valence-electron chi connectivity index (χ2n) is 7.36. The maximum absolute atomic E-state index is 13.1. The van der Waals surface area contributed by atoms with E-state index >= 15 is 0 Å². The van der Waals surface area contributed by atoms with Gasteiger partial charge in [-0.25, -0.2) is 4.68 Å². The summed E-state index contributed by atoms with van der Waals surface area (Å²) in [6.07, 6.45) is 0. The summed E-state index contributed by atoms with van der Waals surface area (Å²) >= 11 is 12.3. The van der Waals surface area contributed by atoms with Crippen LogP contribution in [0, 0.1) is 0 Å². The monoisotopic (exact) mass is 474 g/mol. The standard InChI is InChI=1S/C23H24Cl2N4O3/c1-31-18-5-2-16(3-6-18)21-15-22(23(30)26-8-9-28-10-12-32-13-11-28)29(27-21)17-4-7-19(24)20(25)14-17/h2-7,14-15H,8-13H2,1H3,(H,26,30). The van der Waals surface area contributed by atoms with Crippen LogP contribution in [0.2, 0.25) is 10.0 Å². The molecule has 0 saturated carbocycles. The first-order valence-corrected chi connectivity index (χ1v) is 11.1. The van der Waals surface area contributed by atoms with Crippen molar-refractivity contribution >= 4 is 29.1 Å². The Morgan fingerprint density at radius 3 is 2.53 bits per heavy atom. The first kappa shape index (κ1) is 22.6. The molecule has 3 aromatic rings. The van der Waals surface area contributed by atoms with Crippen LogP contribution in [0.25, 0.3) is 16.9 Å². The van der Waals surface area contributed by atoms with Gasteiger partial charge in [0.1, 0.15) is 11.4 Å². The van der Waals surface area contributed by atoms with E-state index in [2.05, 4.69) is 15.3 Å². The van der Waals surface area contributed by atoms with Crippen LogP contribution in [0.1, 0.15) is 10.5 Å². The number of rotatable bonds is 7. The molecule has 1 fully saturated rings. The zero-order valence-corrected chi connectivity index (χ0v) is 19.2. The molecule has 2 heterocycles. The molecule has 1 saturated heterocycles. The highest BCUT2D eigenvalue weighted by molar-refractivity contribution is 6.42. The van der Waals surface area contributed by atoms with E-state index < -0.39 is 0 Å². The van der Waals surface area contributed by atoms with Gasteiger partial charge in [-0.3, -0.25) is 9.69 Å². The predicted octanol–water partition coefficient (Wildman–Crippen LogP) is 3.92. The molecule has 4 rings (SSSR count). The fraction of sp³-hybridized carbons (Fsp3) is 0.304. The van der Waals surface area contributed by atoms with Crippen molar-refractivity contribution in [2.45, 2.75) is 0 Å². The molecule has 0 atom stereocenters. The molecule has 0 unspecified atom stereocenters. The topological polar surface area (TPSA) is 68.6 Å². The quantitative estimate of drug-likeness (QED) is 0.561. The van der Waals surface area contributed by atoms with Crippen molar-refractivity contribution in [1.82, 2.24) is 20.0 Å². The second-order valence-corrected chi connectivity index (χ2v) is 8.18. The van der Waals surface area contributed by atoms with Crippen LogP contribution in [-0.2, 0) is 4.74 Å². The lowest BCUT2D eigenvalue weighted by Gasteiger charge is -2.26. The summed E-state index contributed by atoms with van der Waals surface area (Å²) in [7, 11) is 1.62. The van der Waals surface area contributed by atoms with Crippen molar-refractivity contribution in [3.05, 3.63) is 64.3 Å². The Bertz CT molecular complexity index is 1080. The Morgan fingerprint density at radius 2 is 1.84 bits per heavy atom. The normalized spacial score (nSPS) is 14.3. The van der Waals surface area contributed by atoms with Gasteiger partial charge in [-0.1, -0.05) is 23.2 Å². The van der Waals surface area contributed by atoms with Crippen LogP contribution in [0.5, 0.6) is 5.75 Å². The summed E-state index contributed by atoms with van der Waals surface area (Å²) in [4.78, 5) is 15.3. The molecule has 32 heavy (non-hydrogen) atoms. The molecule has 1 aromatic heterocycles. The van der Waals surface area contributed by atoms with E-state index in [1.165, 1.54) is 0 Å². The number of carbonyl (C=O) groups is 1. The summed E-state index contributed by atoms with van der Waals surface area (Å²) in [6, 6.07) is 14.5. The number of ether oxygens (including phenoxy) is 2. The van der Waals surface area contributed by atoms with Crippen LogP contribution >= 0.6 is 23.2 Å². The molecule has 1 aliphatic rings. The van der Waals surface area contributed by atoms with Crippen LogP contribution < -0.4 is 10.1 Å². The fourth-order valence-electron chi connectivity index (χ4n) is 3.50. The average molecular weight is 475 g/mol. The highest BCUT2D eigenvalue weighted by Crippen LogP contribution is 2.27. The number of aromatic nitrogens is 2. The van der Waals surface area contributed by atoms with Gasteiger partial charge in [0.25, 0.3) is 5.91 Å². The van der Waals surface area contributed by atoms with Gasteiger partial charge in [-0.15, -0.1) is 0 Å². The van der Waals surface area contributed by atoms with Gasteiger partial charge in [0, 0.05) is 31.7 Å². The Balaban J connectivity index is 1.59. The lowest BCUT2D eigenvalue weighted by atomic mass is 10.1. The number of morpholine rings is 1. The first-order valence-electron chi connectivity index (χ1n) is 10.3. The van der Waals surface area contributed by atoms with E-state index in [1.807, 2.05) is 24.3 Å². The molecule has 1 amide bonds. The third kappa shape index (κ3) is 5.24. The van der Waals surface area contributed by atoms with Gasteiger partial charge in [0.2, 0.25) is 0 Å². The minimum Gasteiger partial charge on any atom is -0.497 e. The molecule has 0 bridgehead atoms. The van der Waals surface area contributed by atoms with Crippen LogP contribution in [-0.4, -0.2) is 67.1 Å². The Kier molecular flexibility index (Phi) is 7.32. The van der Waals surface area contributed by atoms with E-state index in [-0.39, 0.29) is 5.91 Å². The molecule has 9 heteroatoms. The highest BCUT2D eigenvalue weighted by Gasteiger charge is 2.19. The number of nitrogens with one attached hydrogen (secondary N) is 1. The Labute approximate surface area is 196 Å². The molecular weight excluding hydrogens is 451 g/mol. The largest absolute Gasteiger partial charge is 0.497 e. The maximum atomic E-state index is 13.1. The lowest BCUT2D eigenvalue weighted by Crippen LogP contribution is -2.41. The summed E-state index contributed by atoms with van der Waals surface area (Å²) in [5, 5.41) is 8.52. The summed E-state index contributed by atoms with van der Waals surface area (Å²) in [6.45, 7) is 4.49. The maximum Gasteiger partial charge on any atom is 0.270 e. The van der Waals surface area contributed by atoms with Gasteiger partial charge in [0.05, 0.1) is 41.8 Å². The minimum atomic E-state index is -0.211. The first-order chi connectivity index (χ1) is 15.5. The van der Waals surface area contributed by atoms with Crippen molar-refractivity contribution in [2.24, 2.45) is 0 Å². The number of carbonyl (C=O) groups excluding carboxylic acids is 1. The molecule has 2 aromatic carbocycles. The second kappa shape index (κ2) is 10.4. The summed E-state index contributed by atoms with van der Waals surface area (Å²) < 4.78 is 12.2. The van der Waals surface area contributed by atoms with Gasteiger partial charge < -0.3 is 14.8 Å². The van der Waals surface area contributed by atoms with Crippen molar-refractivity contribution in [3.63, 3.8) is 0 Å². The molecule has 7 nitrogen and oxygen atoms in total. The van der Waals surface area contributed by atoms with E-state index in [9.17, 15) is 4.79 Å². The number of hydrogen-bond acceptors (Lipinski definition) is 5. The van der Waals surface area contributed by atoms with Gasteiger partial charge in [0.15, 0.2) is 0 Å². The van der Waals surface area contributed by atoms with E-state index in [4.69, 9.17) is 32.7 Å². The van der Waals surface area contributed by atoms with Gasteiger partial charge in [-0.2, -0.15) is 5.10 Å². The summed E-state index contributed by atoms with van der Waals surface area (Å²) in [5.41, 5.74) is 2.60. The van der Waals surface area contributed by atoms with Gasteiger partial charge >= 0.3 is 0 Å². The van der Waals surface area contributed by atoms with Crippen LogP contribution in [0.15, 0.2) is 48.5 Å². The van der Waals surface area contributed by atoms with Crippen LogP contribution in [0.3, 0.4) is 0 Å². The van der Waals surface area contributed by atoms with Crippen molar-refractivity contribution in [1.29, 1.82) is 0 Å². The fourth-order valence-corrected chi connectivity index (χ4v) is 3.79. The number of nitrogens with zero attached hydrogens (tertiary/aromatic N) is 3. The zero-order chi connectivity index (χ0) is 22.5. The van der Waals surface area contributed by atoms with E-state index in [0.29, 0.717) is 33.7 Å². The zero-order valence-electron chi connectivity index (χ0n) is 17.7. The average Bonchev–Trinajstić information content (AvgIpc) is 3.27. The lowest BCUT2D eigenvalue weighted by molar-refractivity contribution is 0.0383. The third-order valence-electron chi connectivity index (χ3n) is 5.29. The molecular formula is C23H24Cl2N4O3. The number of hydrogen-bond donors (Lipinski definition) is 1.